The molecule has 1 aromatic rings. The van der Waals surface area contributed by atoms with Crippen LogP contribution in [0.4, 0.5) is 0 Å². The van der Waals surface area contributed by atoms with E-state index in [0.29, 0.717) is 17.9 Å². The Kier molecular flexibility index (Phi) is 3.95. The van der Waals surface area contributed by atoms with Crippen LogP contribution in [0.1, 0.15) is 37.7 Å². The summed E-state index contributed by atoms with van der Waals surface area (Å²) < 4.78 is 5.43. The molecule has 1 amide bonds. The number of amides is 1. The Morgan fingerprint density at radius 1 is 1.25 bits per heavy atom. The molecule has 3 nitrogen and oxygen atoms in total. The van der Waals surface area contributed by atoms with Gasteiger partial charge in [-0.15, -0.1) is 0 Å². The number of hydrogen-bond donors (Lipinski definition) is 0. The van der Waals surface area contributed by atoms with Crippen LogP contribution in [0, 0.1) is 5.92 Å². The second-order valence-electron chi connectivity index (χ2n) is 5.97. The molecular formula is C17H23NO2. The number of nitrogens with zero attached hydrogens (tertiary/aromatic N) is 1. The van der Waals surface area contributed by atoms with E-state index >= 15 is 0 Å². The van der Waals surface area contributed by atoms with Crippen LogP contribution >= 0.6 is 0 Å². The first kappa shape index (κ1) is 13.5. The summed E-state index contributed by atoms with van der Waals surface area (Å²) in [7, 11) is 1.71. The molecule has 3 rings (SSSR count). The van der Waals surface area contributed by atoms with E-state index in [1.807, 2.05) is 18.2 Å². The molecule has 1 heterocycles. The molecule has 2 fully saturated rings. The quantitative estimate of drug-likeness (QED) is 0.844. The van der Waals surface area contributed by atoms with Gasteiger partial charge in [0.25, 0.3) is 0 Å². The molecule has 108 valence electrons. The van der Waals surface area contributed by atoms with E-state index in [1.54, 1.807) is 7.11 Å². The van der Waals surface area contributed by atoms with Crippen molar-refractivity contribution in [3.05, 3.63) is 29.8 Å². The van der Waals surface area contributed by atoms with Gasteiger partial charge in [0.2, 0.25) is 5.91 Å². The lowest BCUT2D eigenvalue weighted by Gasteiger charge is -2.33. The van der Waals surface area contributed by atoms with Crippen LogP contribution in [-0.2, 0) is 11.2 Å². The third kappa shape index (κ3) is 2.54. The van der Waals surface area contributed by atoms with E-state index < -0.39 is 0 Å². The van der Waals surface area contributed by atoms with Gasteiger partial charge in [0.1, 0.15) is 5.75 Å². The lowest BCUT2D eigenvalue weighted by molar-refractivity contribution is -0.139. The van der Waals surface area contributed by atoms with E-state index in [0.717, 1.165) is 44.4 Å². The maximum absolute atomic E-state index is 12.5. The topological polar surface area (TPSA) is 29.5 Å². The first-order valence-corrected chi connectivity index (χ1v) is 7.72. The third-order valence-corrected chi connectivity index (χ3v) is 4.76. The van der Waals surface area contributed by atoms with Gasteiger partial charge < -0.3 is 9.64 Å². The molecule has 0 radical (unpaired) electrons. The highest BCUT2D eigenvalue weighted by atomic mass is 16.5. The monoisotopic (exact) mass is 273 g/mol. The minimum atomic E-state index is 0.313. The average molecular weight is 273 g/mol. The van der Waals surface area contributed by atoms with Crippen molar-refractivity contribution >= 4 is 5.91 Å². The molecule has 3 heteroatoms. The summed E-state index contributed by atoms with van der Waals surface area (Å²) in [6, 6.07) is 8.52. The number of methoxy groups -OCH3 is 1. The Hall–Kier alpha value is -1.51. The zero-order valence-corrected chi connectivity index (χ0v) is 12.2. The summed E-state index contributed by atoms with van der Waals surface area (Å²) in [5.41, 5.74) is 1.22. The second-order valence-corrected chi connectivity index (χ2v) is 5.97. The van der Waals surface area contributed by atoms with E-state index in [9.17, 15) is 4.79 Å². The Morgan fingerprint density at radius 2 is 2.05 bits per heavy atom. The molecule has 1 aliphatic heterocycles. The lowest BCUT2D eigenvalue weighted by atomic mass is 9.84. The molecule has 1 aromatic carbocycles. The minimum absolute atomic E-state index is 0.313. The molecule has 1 aliphatic carbocycles. The lowest BCUT2D eigenvalue weighted by Crippen LogP contribution is -2.42. The molecule has 2 aliphatic rings. The molecule has 1 unspecified atom stereocenters. The van der Waals surface area contributed by atoms with Gasteiger partial charge in [-0.1, -0.05) is 24.6 Å². The summed E-state index contributed by atoms with van der Waals surface area (Å²) in [5.74, 6) is 1.65. The fourth-order valence-electron chi connectivity index (χ4n) is 3.35. The first-order valence-electron chi connectivity index (χ1n) is 7.72. The van der Waals surface area contributed by atoms with Crippen LogP contribution in [0.15, 0.2) is 24.3 Å². The summed E-state index contributed by atoms with van der Waals surface area (Å²) in [6.07, 6.45) is 6.59. The fraction of sp³-hybridized carbons (Fsp3) is 0.588. The normalized spacial score (nSPS) is 22.6. The third-order valence-electron chi connectivity index (χ3n) is 4.76. The van der Waals surface area contributed by atoms with Crippen molar-refractivity contribution in [3.63, 3.8) is 0 Å². The van der Waals surface area contributed by atoms with Crippen LogP contribution in [0.25, 0.3) is 0 Å². The second kappa shape index (κ2) is 5.86. The summed E-state index contributed by atoms with van der Waals surface area (Å²) >= 11 is 0. The highest BCUT2D eigenvalue weighted by Gasteiger charge is 2.35. The zero-order valence-electron chi connectivity index (χ0n) is 12.2. The van der Waals surface area contributed by atoms with Crippen molar-refractivity contribution in [1.82, 2.24) is 4.90 Å². The van der Waals surface area contributed by atoms with Gasteiger partial charge in [0.05, 0.1) is 7.11 Å². The number of benzene rings is 1. The van der Waals surface area contributed by atoms with Gasteiger partial charge in [-0.05, 0) is 43.7 Å². The van der Waals surface area contributed by atoms with Crippen molar-refractivity contribution < 1.29 is 9.53 Å². The fourth-order valence-corrected chi connectivity index (χ4v) is 3.35. The van der Waals surface area contributed by atoms with Gasteiger partial charge in [0.15, 0.2) is 0 Å². The van der Waals surface area contributed by atoms with Crippen LogP contribution in [0.2, 0.25) is 0 Å². The number of carbonyl (C=O) groups is 1. The average Bonchev–Trinajstić information content (AvgIpc) is 2.85. The largest absolute Gasteiger partial charge is 0.496 e. The van der Waals surface area contributed by atoms with E-state index in [-0.39, 0.29) is 0 Å². The van der Waals surface area contributed by atoms with Crippen LogP contribution < -0.4 is 4.74 Å². The van der Waals surface area contributed by atoms with E-state index in [2.05, 4.69) is 11.0 Å². The summed E-state index contributed by atoms with van der Waals surface area (Å²) in [6.45, 7) is 0.940. The maximum Gasteiger partial charge on any atom is 0.225 e. The number of likely N-dealkylation sites (tertiary alicyclic amines) is 1. The van der Waals surface area contributed by atoms with Crippen molar-refractivity contribution in [3.8, 4) is 5.75 Å². The zero-order chi connectivity index (χ0) is 13.9. The van der Waals surface area contributed by atoms with Crippen LogP contribution in [0.3, 0.4) is 0 Å². The van der Waals surface area contributed by atoms with Gasteiger partial charge in [0, 0.05) is 18.5 Å². The van der Waals surface area contributed by atoms with Gasteiger partial charge >= 0.3 is 0 Å². The predicted molar refractivity (Wildman–Crippen MR) is 78.8 cm³/mol. The summed E-state index contributed by atoms with van der Waals surface area (Å²) in [5, 5.41) is 0. The van der Waals surface area contributed by atoms with E-state index in [4.69, 9.17) is 4.74 Å². The highest BCUT2D eigenvalue weighted by Crippen LogP contribution is 2.32. The predicted octanol–water partition coefficient (Wildman–Crippen LogP) is 3.03. The van der Waals surface area contributed by atoms with Gasteiger partial charge in [-0.3, -0.25) is 4.79 Å². The van der Waals surface area contributed by atoms with Gasteiger partial charge in [-0.25, -0.2) is 0 Å². The molecular weight excluding hydrogens is 250 g/mol. The molecule has 20 heavy (non-hydrogen) atoms. The summed E-state index contributed by atoms with van der Waals surface area (Å²) in [4.78, 5) is 14.6. The molecule has 0 aromatic heterocycles. The first-order chi connectivity index (χ1) is 9.79. The molecule has 1 saturated heterocycles. The van der Waals surface area contributed by atoms with E-state index in [1.165, 1.54) is 12.0 Å². The Bertz CT molecular complexity index is 482. The number of rotatable bonds is 4. The van der Waals surface area contributed by atoms with Crippen molar-refractivity contribution in [2.24, 2.45) is 5.92 Å². The number of ether oxygens (including phenoxy) is 1. The Labute approximate surface area is 120 Å². The molecule has 1 saturated carbocycles. The van der Waals surface area contributed by atoms with Crippen molar-refractivity contribution in [1.29, 1.82) is 0 Å². The van der Waals surface area contributed by atoms with Crippen molar-refractivity contribution in [2.75, 3.05) is 13.7 Å². The van der Waals surface area contributed by atoms with Crippen LogP contribution in [-0.4, -0.2) is 30.5 Å². The SMILES string of the molecule is COc1ccccc1CC1CCCN1C(=O)C1CCC1. The maximum atomic E-state index is 12.5. The molecule has 0 bridgehead atoms. The van der Waals surface area contributed by atoms with Crippen molar-refractivity contribution in [2.45, 2.75) is 44.6 Å². The molecule has 1 atom stereocenters. The molecule has 0 spiro atoms. The smallest absolute Gasteiger partial charge is 0.225 e. The standard InChI is InChI=1S/C17H23NO2/c1-20-16-10-3-2-6-14(16)12-15-9-5-11-18(15)17(19)13-7-4-8-13/h2-3,6,10,13,15H,4-5,7-9,11-12H2,1H3. The van der Waals surface area contributed by atoms with Crippen LogP contribution in [0.5, 0.6) is 5.75 Å². The Balaban J connectivity index is 1.70. The minimum Gasteiger partial charge on any atom is -0.496 e. The number of carbonyl (C=O) groups excluding carboxylic acids is 1. The number of hydrogen-bond acceptors (Lipinski definition) is 2. The number of para-hydroxylation sites is 1. The molecule has 0 N–H and O–H groups in total. The Morgan fingerprint density at radius 3 is 2.75 bits per heavy atom. The van der Waals surface area contributed by atoms with Gasteiger partial charge in [-0.2, -0.15) is 0 Å². The highest BCUT2D eigenvalue weighted by molar-refractivity contribution is 5.80.